The van der Waals surface area contributed by atoms with E-state index in [4.69, 9.17) is 4.74 Å². The van der Waals surface area contributed by atoms with E-state index in [2.05, 4.69) is 5.32 Å². The van der Waals surface area contributed by atoms with Gasteiger partial charge in [-0.25, -0.2) is 4.39 Å². The summed E-state index contributed by atoms with van der Waals surface area (Å²) in [5.41, 5.74) is 0.645. The van der Waals surface area contributed by atoms with E-state index in [1.807, 2.05) is 24.0 Å². The fourth-order valence-corrected chi connectivity index (χ4v) is 4.27. The SMILES string of the molecule is CCOc1ccc(C(=O)N2CCC(NC(=O)CCSc3ccccc3F)CC2)cc1. The highest BCUT2D eigenvalue weighted by molar-refractivity contribution is 7.99. The summed E-state index contributed by atoms with van der Waals surface area (Å²) in [5, 5.41) is 3.04. The van der Waals surface area contributed by atoms with E-state index in [0.717, 1.165) is 18.6 Å². The van der Waals surface area contributed by atoms with E-state index in [-0.39, 0.29) is 23.7 Å². The van der Waals surface area contributed by atoms with E-state index in [1.54, 1.807) is 30.3 Å². The summed E-state index contributed by atoms with van der Waals surface area (Å²) >= 11 is 1.35. The van der Waals surface area contributed by atoms with Gasteiger partial charge >= 0.3 is 0 Å². The Labute approximate surface area is 181 Å². The second-order valence-corrected chi connectivity index (χ2v) is 8.26. The minimum absolute atomic E-state index is 0.00381. The number of amides is 2. The Morgan fingerprint density at radius 1 is 1.13 bits per heavy atom. The molecule has 0 bridgehead atoms. The maximum absolute atomic E-state index is 13.6. The molecule has 7 heteroatoms. The van der Waals surface area contributed by atoms with Gasteiger partial charge in [-0.15, -0.1) is 11.8 Å². The quantitative estimate of drug-likeness (QED) is 0.640. The lowest BCUT2D eigenvalue weighted by Gasteiger charge is -2.32. The summed E-state index contributed by atoms with van der Waals surface area (Å²) in [5.74, 6) is 0.998. The van der Waals surface area contributed by atoms with Crippen LogP contribution in [0.3, 0.4) is 0 Å². The Hall–Kier alpha value is -2.54. The molecule has 30 heavy (non-hydrogen) atoms. The number of nitrogens with zero attached hydrogens (tertiary/aromatic N) is 1. The zero-order valence-corrected chi connectivity index (χ0v) is 17.9. The van der Waals surface area contributed by atoms with Crippen LogP contribution in [0, 0.1) is 5.82 Å². The van der Waals surface area contributed by atoms with Crippen molar-refractivity contribution in [3.63, 3.8) is 0 Å². The van der Waals surface area contributed by atoms with Gasteiger partial charge in [-0.3, -0.25) is 9.59 Å². The third-order valence-electron chi connectivity index (χ3n) is 4.98. The molecule has 0 unspecified atom stereocenters. The Morgan fingerprint density at radius 2 is 1.83 bits per heavy atom. The van der Waals surface area contributed by atoms with E-state index >= 15 is 0 Å². The average molecular weight is 431 g/mol. The standard InChI is InChI=1S/C23H27FN2O3S/c1-2-29-19-9-7-17(8-10-19)23(28)26-14-11-18(12-15-26)25-22(27)13-16-30-21-6-4-3-5-20(21)24/h3-10,18H,2,11-16H2,1H3,(H,25,27). The highest BCUT2D eigenvalue weighted by atomic mass is 32.2. The zero-order valence-electron chi connectivity index (χ0n) is 17.1. The summed E-state index contributed by atoms with van der Waals surface area (Å²) in [4.78, 5) is 27.3. The molecule has 0 spiro atoms. The molecule has 0 saturated carbocycles. The first-order valence-corrected chi connectivity index (χ1v) is 11.2. The van der Waals surface area contributed by atoms with Crippen molar-refractivity contribution in [1.82, 2.24) is 10.2 Å². The van der Waals surface area contributed by atoms with Crippen LogP contribution < -0.4 is 10.1 Å². The fourth-order valence-electron chi connectivity index (χ4n) is 3.39. The first-order chi connectivity index (χ1) is 14.6. The number of carbonyl (C=O) groups is 2. The number of carbonyl (C=O) groups excluding carboxylic acids is 2. The molecule has 0 aromatic heterocycles. The van der Waals surface area contributed by atoms with E-state index in [1.165, 1.54) is 17.8 Å². The largest absolute Gasteiger partial charge is 0.494 e. The number of benzene rings is 2. The molecule has 0 radical (unpaired) electrons. The summed E-state index contributed by atoms with van der Waals surface area (Å²) in [7, 11) is 0. The van der Waals surface area contributed by atoms with Crippen LogP contribution in [-0.4, -0.2) is 48.2 Å². The smallest absolute Gasteiger partial charge is 0.253 e. The lowest BCUT2D eigenvalue weighted by atomic mass is 10.0. The third-order valence-corrected chi connectivity index (χ3v) is 6.03. The summed E-state index contributed by atoms with van der Waals surface area (Å²) in [6, 6.07) is 13.8. The van der Waals surface area contributed by atoms with Crippen molar-refractivity contribution in [2.24, 2.45) is 0 Å². The molecule has 5 nitrogen and oxygen atoms in total. The predicted molar refractivity (Wildman–Crippen MR) is 116 cm³/mol. The van der Waals surface area contributed by atoms with Crippen molar-refractivity contribution in [2.45, 2.75) is 37.1 Å². The van der Waals surface area contributed by atoms with Gasteiger partial charge in [0.2, 0.25) is 5.91 Å². The van der Waals surface area contributed by atoms with Crippen molar-refractivity contribution in [3.8, 4) is 5.75 Å². The van der Waals surface area contributed by atoms with Gasteiger partial charge in [0.15, 0.2) is 0 Å². The molecular weight excluding hydrogens is 403 g/mol. The number of hydrogen-bond acceptors (Lipinski definition) is 4. The van der Waals surface area contributed by atoms with Crippen LogP contribution in [0.5, 0.6) is 5.75 Å². The van der Waals surface area contributed by atoms with Crippen molar-refractivity contribution in [3.05, 3.63) is 59.9 Å². The monoisotopic (exact) mass is 430 g/mol. The Bertz CT molecular complexity index is 852. The summed E-state index contributed by atoms with van der Waals surface area (Å²) in [6.45, 7) is 3.74. The lowest BCUT2D eigenvalue weighted by molar-refractivity contribution is -0.121. The molecule has 0 atom stereocenters. The van der Waals surface area contributed by atoms with Gasteiger partial charge in [0.25, 0.3) is 5.91 Å². The number of halogens is 1. The number of hydrogen-bond donors (Lipinski definition) is 1. The number of likely N-dealkylation sites (tertiary alicyclic amines) is 1. The normalized spacial score (nSPS) is 14.4. The third kappa shape index (κ3) is 6.23. The molecule has 1 fully saturated rings. The molecule has 1 saturated heterocycles. The highest BCUT2D eigenvalue weighted by Crippen LogP contribution is 2.22. The number of rotatable bonds is 8. The van der Waals surface area contributed by atoms with Crippen molar-refractivity contribution in [1.29, 1.82) is 0 Å². The molecule has 2 aromatic rings. The van der Waals surface area contributed by atoms with Crippen LogP contribution in [0.1, 0.15) is 36.5 Å². The molecule has 1 N–H and O–H groups in total. The molecule has 160 valence electrons. The van der Waals surface area contributed by atoms with Crippen molar-refractivity contribution in [2.75, 3.05) is 25.4 Å². The Morgan fingerprint density at radius 3 is 2.50 bits per heavy atom. The Balaban J connectivity index is 1.39. The van der Waals surface area contributed by atoms with Crippen molar-refractivity contribution >= 4 is 23.6 Å². The van der Waals surface area contributed by atoms with Gasteiger partial charge in [-0.05, 0) is 56.2 Å². The Kier molecular flexibility index (Phi) is 8.13. The van der Waals surface area contributed by atoms with Crippen LogP contribution in [0.15, 0.2) is 53.4 Å². The van der Waals surface area contributed by atoms with Gasteiger partial charge in [-0.2, -0.15) is 0 Å². The van der Waals surface area contributed by atoms with Gasteiger partial charge < -0.3 is 15.0 Å². The maximum Gasteiger partial charge on any atom is 0.253 e. The van der Waals surface area contributed by atoms with Gasteiger partial charge in [0.1, 0.15) is 11.6 Å². The highest BCUT2D eigenvalue weighted by Gasteiger charge is 2.24. The second-order valence-electron chi connectivity index (χ2n) is 7.12. The molecular formula is C23H27FN2O3S. The van der Waals surface area contributed by atoms with Crippen LogP contribution in [0.2, 0.25) is 0 Å². The summed E-state index contributed by atoms with van der Waals surface area (Å²) in [6.07, 6.45) is 1.80. The molecule has 0 aliphatic carbocycles. The van der Waals surface area contributed by atoms with Gasteiger partial charge in [-0.1, -0.05) is 12.1 Å². The lowest BCUT2D eigenvalue weighted by Crippen LogP contribution is -2.46. The van der Waals surface area contributed by atoms with E-state index < -0.39 is 0 Å². The van der Waals surface area contributed by atoms with Gasteiger partial charge in [0.05, 0.1) is 6.61 Å². The summed E-state index contributed by atoms with van der Waals surface area (Å²) < 4.78 is 19.0. The van der Waals surface area contributed by atoms with Crippen LogP contribution >= 0.6 is 11.8 Å². The zero-order chi connectivity index (χ0) is 21.3. The number of thioether (sulfide) groups is 1. The number of ether oxygens (including phenoxy) is 1. The van der Waals surface area contributed by atoms with E-state index in [0.29, 0.717) is 42.3 Å². The first-order valence-electron chi connectivity index (χ1n) is 10.3. The minimum Gasteiger partial charge on any atom is -0.494 e. The topological polar surface area (TPSA) is 58.6 Å². The average Bonchev–Trinajstić information content (AvgIpc) is 2.76. The minimum atomic E-state index is -0.257. The maximum atomic E-state index is 13.6. The van der Waals surface area contributed by atoms with Crippen LogP contribution in [0.4, 0.5) is 4.39 Å². The molecule has 1 heterocycles. The predicted octanol–water partition coefficient (Wildman–Crippen LogP) is 4.13. The molecule has 3 rings (SSSR count). The van der Waals surface area contributed by atoms with E-state index in [9.17, 15) is 14.0 Å². The van der Waals surface area contributed by atoms with Gasteiger partial charge in [0, 0.05) is 41.8 Å². The molecule has 2 amide bonds. The second kappa shape index (κ2) is 11.0. The number of piperidine rings is 1. The van der Waals surface area contributed by atoms with Crippen molar-refractivity contribution < 1.29 is 18.7 Å². The molecule has 2 aromatic carbocycles. The number of nitrogens with one attached hydrogen (secondary N) is 1. The first kappa shape index (κ1) is 22.2. The van der Waals surface area contributed by atoms with Crippen LogP contribution in [-0.2, 0) is 4.79 Å². The molecule has 1 aliphatic rings. The van der Waals surface area contributed by atoms with Crippen LogP contribution in [0.25, 0.3) is 0 Å². The molecule has 1 aliphatic heterocycles. The fraction of sp³-hybridized carbons (Fsp3) is 0.391.